The molecule has 1 saturated heterocycles. The summed E-state index contributed by atoms with van der Waals surface area (Å²) in [5.41, 5.74) is 6.19. The number of alkyl halides is 1. The molecule has 0 bridgehead atoms. The molecule has 1 fully saturated rings. The number of halogens is 1. The van der Waals surface area contributed by atoms with Gasteiger partial charge in [-0.3, -0.25) is 14.7 Å². The molecule has 1 aliphatic rings. The van der Waals surface area contributed by atoms with Gasteiger partial charge in [0.05, 0.1) is 24.1 Å². The zero-order valence-corrected chi connectivity index (χ0v) is 9.91. The molecule has 2 rings (SSSR count). The molecule has 102 valence electrons. The number of pyridine rings is 1. The van der Waals surface area contributed by atoms with Gasteiger partial charge >= 0.3 is 6.09 Å². The van der Waals surface area contributed by atoms with Gasteiger partial charge in [0, 0.05) is 12.6 Å². The average Bonchev–Trinajstić information content (AvgIpc) is 2.74. The highest BCUT2D eigenvalue weighted by Gasteiger charge is 2.40. The van der Waals surface area contributed by atoms with Crippen LogP contribution in [-0.4, -0.2) is 45.7 Å². The highest BCUT2D eigenvalue weighted by Crippen LogP contribution is 2.23. The van der Waals surface area contributed by atoms with Crippen LogP contribution in [0.4, 0.5) is 20.6 Å². The van der Waals surface area contributed by atoms with Crippen molar-refractivity contribution >= 4 is 23.4 Å². The fraction of sp³-hybridized carbons (Fsp3) is 0.364. The van der Waals surface area contributed by atoms with E-state index in [0.29, 0.717) is 5.69 Å². The maximum Gasteiger partial charge on any atom is 0.408 e. The van der Waals surface area contributed by atoms with Crippen molar-refractivity contribution in [3.05, 3.63) is 18.5 Å². The first-order valence-corrected chi connectivity index (χ1v) is 5.63. The quantitative estimate of drug-likeness (QED) is 0.731. The number of hydrogen-bond donors (Lipinski definition) is 3. The Morgan fingerprint density at radius 3 is 2.95 bits per heavy atom. The van der Waals surface area contributed by atoms with Crippen LogP contribution in [0.3, 0.4) is 0 Å². The highest BCUT2D eigenvalue weighted by atomic mass is 19.1. The third-order valence-electron chi connectivity index (χ3n) is 2.91. The Hall–Kier alpha value is -2.38. The molecule has 2 atom stereocenters. The van der Waals surface area contributed by atoms with Crippen molar-refractivity contribution in [1.82, 2.24) is 9.88 Å². The van der Waals surface area contributed by atoms with E-state index in [1.807, 2.05) is 0 Å². The van der Waals surface area contributed by atoms with Crippen LogP contribution in [0.15, 0.2) is 18.5 Å². The molecule has 19 heavy (non-hydrogen) atoms. The van der Waals surface area contributed by atoms with Gasteiger partial charge < -0.3 is 16.2 Å². The molecule has 1 aliphatic heterocycles. The Labute approximate surface area is 108 Å². The summed E-state index contributed by atoms with van der Waals surface area (Å²) in [6.07, 6.45) is -0.00181. The fourth-order valence-electron chi connectivity index (χ4n) is 1.98. The van der Waals surface area contributed by atoms with E-state index in [4.69, 9.17) is 10.8 Å². The molecule has 0 aromatic carbocycles. The van der Waals surface area contributed by atoms with Crippen molar-refractivity contribution in [3.8, 4) is 0 Å². The molecule has 7 nitrogen and oxygen atoms in total. The highest BCUT2D eigenvalue weighted by molar-refractivity contribution is 5.98. The predicted molar refractivity (Wildman–Crippen MR) is 65.3 cm³/mol. The summed E-state index contributed by atoms with van der Waals surface area (Å²) in [5.74, 6) is -0.597. The van der Waals surface area contributed by atoms with Crippen LogP contribution in [0, 0.1) is 0 Å². The van der Waals surface area contributed by atoms with Crippen LogP contribution in [0.5, 0.6) is 0 Å². The number of nitrogens with two attached hydrogens (primary N) is 1. The number of likely N-dealkylation sites (tertiary alicyclic amines) is 1. The molecule has 4 N–H and O–H groups in total. The Bertz CT molecular complexity index is 510. The second-order valence-electron chi connectivity index (χ2n) is 4.24. The van der Waals surface area contributed by atoms with E-state index in [1.54, 1.807) is 0 Å². The van der Waals surface area contributed by atoms with Crippen molar-refractivity contribution < 1.29 is 19.1 Å². The van der Waals surface area contributed by atoms with Crippen molar-refractivity contribution in [3.63, 3.8) is 0 Å². The van der Waals surface area contributed by atoms with Gasteiger partial charge in [-0.05, 0) is 6.07 Å². The summed E-state index contributed by atoms with van der Waals surface area (Å²) >= 11 is 0. The SMILES string of the molecule is Nc1cnccc1NC(=O)[C@@H]1C[C@@H](F)CN1C(=O)O. The number of anilines is 2. The lowest BCUT2D eigenvalue weighted by Crippen LogP contribution is -2.42. The molecule has 0 unspecified atom stereocenters. The summed E-state index contributed by atoms with van der Waals surface area (Å²) in [5, 5.41) is 11.4. The zero-order valence-electron chi connectivity index (χ0n) is 9.91. The van der Waals surface area contributed by atoms with E-state index in [2.05, 4.69) is 10.3 Å². The molecule has 0 saturated carbocycles. The molecule has 2 heterocycles. The number of carboxylic acid groups (broad SMARTS) is 1. The normalized spacial score (nSPS) is 22.3. The molecule has 0 radical (unpaired) electrons. The minimum atomic E-state index is -1.33. The summed E-state index contributed by atoms with van der Waals surface area (Å²) in [6.45, 7) is -0.292. The lowest BCUT2D eigenvalue weighted by Gasteiger charge is -2.20. The number of carbonyl (C=O) groups is 2. The molecule has 0 spiro atoms. The monoisotopic (exact) mass is 268 g/mol. The second kappa shape index (κ2) is 5.09. The first kappa shape index (κ1) is 13.1. The average molecular weight is 268 g/mol. The first-order chi connectivity index (χ1) is 8.99. The van der Waals surface area contributed by atoms with Gasteiger partial charge in [0.2, 0.25) is 5.91 Å². The minimum absolute atomic E-state index is 0.150. The van der Waals surface area contributed by atoms with Gasteiger partial charge in [-0.2, -0.15) is 0 Å². The number of hydrogen-bond acceptors (Lipinski definition) is 4. The van der Waals surface area contributed by atoms with Gasteiger partial charge in [-0.1, -0.05) is 0 Å². The Balaban J connectivity index is 2.11. The Morgan fingerprint density at radius 1 is 1.58 bits per heavy atom. The van der Waals surface area contributed by atoms with Crippen LogP contribution in [0.25, 0.3) is 0 Å². The van der Waals surface area contributed by atoms with Crippen LogP contribution < -0.4 is 11.1 Å². The molecule has 0 aliphatic carbocycles. The fourth-order valence-corrected chi connectivity index (χ4v) is 1.98. The predicted octanol–water partition coefficient (Wildman–Crippen LogP) is 0.693. The standard InChI is InChI=1S/C11H13FN4O3/c12-6-3-9(16(5-6)11(18)19)10(17)15-8-1-2-14-4-7(8)13/h1-2,4,6,9H,3,5,13H2,(H,18,19)(H,14,15,17)/t6-,9+/m1/s1. The van der Waals surface area contributed by atoms with Gasteiger partial charge in [0.1, 0.15) is 12.2 Å². The summed E-state index contributed by atoms with van der Waals surface area (Å²) < 4.78 is 13.2. The van der Waals surface area contributed by atoms with Crippen molar-refractivity contribution in [1.29, 1.82) is 0 Å². The van der Waals surface area contributed by atoms with Gasteiger partial charge in [0.25, 0.3) is 0 Å². The third kappa shape index (κ3) is 2.72. The second-order valence-corrected chi connectivity index (χ2v) is 4.24. The topological polar surface area (TPSA) is 109 Å². The van der Waals surface area contributed by atoms with Crippen LogP contribution >= 0.6 is 0 Å². The van der Waals surface area contributed by atoms with Crippen molar-refractivity contribution in [2.24, 2.45) is 0 Å². The minimum Gasteiger partial charge on any atom is -0.465 e. The van der Waals surface area contributed by atoms with Crippen molar-refractivity contribution in [2.75, 3.05) is 17.6 Å². The number of amides is 2. The smallest absolute Gasteiger partial charge is 0.408 e. The van der Waals surface area contributed by atoms with Crippen LogP contribution in [-0.2, 0) is 4.79 Å². The van der Waals surface area contributed by atoms with Gasteiger partial charge in [0.15, 0.2) is 0 Å². The number of nitrogens with one attached hydrogen (secondary N) is 1. The van der Waals surface area contributed by atoms with E-state index in [-0.39, 0.29) is 18.7 Å². The largest absolute Gasteiger partial charge is 0.465 e. The molecule has 1 aromatic rings. The van der Waals surface area contributed by atoms with E-state index in [9.17, 15) is 14.0 Å². The summed E-state index contributed by atoms with van der Waals surface area (Å²) in [6, 6.07) is 0.445. The lowest BCUT2D eigenvalue weighted by atomic mass is 10.2. The van der Waals surface area contributed by atoms with E-state index >= 15 is 0 Å². The first-order valence-electron chi connectivity index (χ1n) is 5.63. The molecule has 1 aromatic heterocycles. The maximum atomic E-state index is 13.2. The zero-order chi connectivity index (χ0) is 14.0. The number of nitrogens with zero attached hydrogens (tertiary/aromatic N) is 2. The number of carbonyl (C=O) groups excluding carboxylic acids is 1. The molecular weight excluding hydrogens is 255 g/mol. The number of rotatable bonds is 2. The number of nitrogen functional groups attached to an aromatic ring is 1. The third-order valence-corrected chi connectivity index (χ3v) is 2.91. The molecule has 8 heteroatoms. The van der Waals surface area contributed by atoms with Gasteiger partial charge in [-0.25, -0.2) is 9.18 Å². The lowest BCUT2D eigenvalue weighted by molar-refractivity contribution is -0.119. The summed E-state index contributed by atoms with van der Waals surface area (Å²) in [7, 11) is 0. The van der Waals surface area contributed by atoms with E-state index < -0.39 is 24.2 Å². The van der Waals surface area contributed by atoms with Crippen LogP contribution in [0.2, 0.25) is 0 Å². The van der Waals surface area contributed by atoms with E-state index in [0.717, 1.165) is 4.90 Å². The Kier molecular flexibility index (Phi) is 3.50. The molecular formula is C11H13FN4O3. The van der Waals surface area contributed by atoms with Crippen molar-refractivity contribution in [2.45, 2.75) is 18.6 Å². The Morgan fingerprint density at radius 2 is 2.32 bits per heavy atom. The summed E-state index contributed by atoms with van der Waals surface area (Å²) in [4.78, 5) is 27.4. The van der Waals surface area contributed by atoms with Gasteiger partial charge in [-0.15, -0.1) is 0 Å². The number of aromatic nitrogens is 1. The molecule has 2 amide bonds. The van der Waals surface area contributed by atoms with Crippen LogP contribution in [0.1, 0.15) is 6.42 Å². The maximum absolute atomic E-state index is 13.2. The van der Waals surface area contributed by atoms with E-state index in [1.165, 1.54) is 18.5 Å².